The summed E-state index contributed by atoms with van der Waals surface area (Å²) in [5, 5.41) is 0. The molecule has 0 aromatic carbocycles. The van der Waals surface area contributed by atoms with Gasteiger partial charge in [0.15, 0.2) is 0 Å². The van der Waals surface area contributed by atoms with E-state index in [0.717, 1.165) is 0 Å². The molecular formula is C4H8O6P-3. The SMILES string of the molecule is CCOC(C)=O.O=P([O-])([O-])[O-]. The van der Waals surface area contributed by atoms with E-state index in [1.165, 1.54) is 6.92 Å². The topological polar surface area (TPSA) is 113 Å². The number of rotatable bonds is 1. The predicted octanol–water partition coefficient (Wildman–Crippen LogP) is -2.26. The monoisotopic (exact) mass is 183 g/mol. The van der Waals surface area contributed by atoms with Crippen LogP contribution in [-0.2, 0) is 14.1 Å². The Morgan fingerprint density at radius 2 is 1.73 bits per heavy atom. The molecule has 0 bridgehead atoms. The van der Waals surface area contributed by atoms with Crippen molar-refractivity contribution in [3.05, 3.63) is 0 Å². The van der Waals surface area contributed by atoms with Gasteiger partial charge in [0.2, 0.25) is 0 Å². The Morgan fingerprint density at radius 3 is 1.73 bits per heavy atom. The molecule has 11 heavy (non-hydrogen) atoms. The number of ether oxygens (including phenoxy) is 1. The first-order valence-electron chi connectivity index (χ1n) is 2.63. The van der Waals surface area contributed by atoms with E-state index in [1.807, 2.05) is 0 Å². The van der Waals surface area contributed by atoms with Gasteiger partial charge in [-0.3, -0.25) is 4.79 Å². The zero-order valence-corrected chi connectivity index (χ0v) is 7.00. The molecule has 0 aromatic rings. The van der Waals surface area contributed by atoms with Crippen molar-refractivity contribution in [2.45, 2.75) is 13.8 Å². The van der Waals surface area contributed by atoms with Crippen LogP contribution in [0.3, 0.4) is 0 Å². The fraction of sp³-hybridized carbons (Fsp3) is 0.750. The van der Waals surface area contributed by atoms with Crippen molar-refractivity contribution in [3.8, 4) is 0 Å². The Balaban J connectivity index is 0. The highest BCUT2D eigenvalue weighted by molar-refractivity contribution is 7.40. The smallest absolute Gasteiger partial charge is 0.302 e. The molecular weight excluding hydrogens is 175 g/mol. The van der Waals surface area contributed by atoms with Crippen molar-refractivity contribution in [3.63, 3.8) is 0 Å². The van der Waals surface area contributed by atoms with Crippen molar-refractivity contribution >= 4 is 13.8 Å². The Labute approximate surface area is 64.0 Å². The molecule has 0 aromatic heterocycles. The minimum Gasteiger partial charge on any atom is -0.822 e. The van der Waals surface area contributed by atoms with Crippen LogP contribution in [0.1, 0.15) is 13.8 Å². The van der Waals surface area contributed by atoms with E-state index in [2.05, 4.69) is 4.74 Å². The molecule has 0 aliphatic heterocycles. The van der Waals surface area contributed by atoms with Gasteiger partial charge in [0, 0.05) is 6.92 Å². The Kier molecular flexibility index (Phi) is 7.55. The number of phosphoric acid groups is 1. The van der Waals surface area contributed by atoms with E-state index < -0.39 is 7.82 Å². The van der Waals surface area contributed by atoms with Gasteiger partial charge in [-0.25, -0.2) is 0 Å². The highest BCUT2D eigenvalue weighted by atomic mass is 31.2. The van der Waals surface area contributed by atoms with Crippen LogP contribution >= 0.6 is 7.82 Å². The van der Waals surface area contributed by atoms with Crippen LogP contribution in [0.15, 0.2) is 0 Å². The lowest BCUT2D eigenvalue weighted by Gasteiger charge is -2.36. The van der Waals surface area contributed by atoms with E-state index in [9.17, 15) is 4.79 Å². The summed E-state index contributed by atoms with van der Waals surface area (Å²) in [6.45, 7) is 3.65. The van der Waals surface area contributed by atoms with Crippen LogP contribution in [0.5, 0.6) is 0 Å². The third-order valence-electron chi connectivity index (χ3n) is 0.348. The van der Waals surface area contributed by atoms with Crippen LogP contribution in [-0.4, -0.2) is 12.6 Å². The van der Waals surface area contributed by atoms with Crippen molar-refractivity contribution < 1.29 is 28.8 Å². The molecule has 0 aliphatic carbocycles. The average molecular weight is 183 g/mol. The zero-order chi connectivity index (χ0) is 9.49. The lowest BCUT2D eigenvalue weighted by atomic mass is 10.8. The molecule has 0 amide bonds. The predicted molar refractivity (Wildman–Crippen MR) is 29.9 cm³/mol. The molecule has 0 unspecified atom stereocenters. The lowest BCUT2D eigenvalue weighted by Crippen LogP contribution is -2.24. The lowest BCUT2D eigenvalue weighted by molar-refractivity contribution is -0.432. The van der Waals surface area contributed by atoms with E-state index in [0.29, 0.717) is 6.61 Å². The molecule has 68 valence electrons. The van der Waals surface area contributed by atoms with Gasteiger partial charge >= 0.3 is 5.97 Å². The highest BCUT2D eigenvalue weighted by Gasteiger charge is 1.81. The van der Waals surface area contributed by atoms with Crippen molar-refractivity contribution in [2.24, 2.45) is 0 Å². The van der Waals surface area contributed by atoms with Gasteiger partial charge in [-0.2, -0.15) is 7.82 Å². The average Bonchev–Trinajstić information content (AvgIpc) is 1.58. The normalized spacial score (nSPS) is 9.55. The number of carbonyl (C=O) groups excluding carboxylic acids is 1. The summed E-state index contributed by atoms with van der Waals surface area (Å²) in [6.07, 6.45) is 0. The molecule has 0 N–H and O–H groups in total. The van der Waals surface area contributed by atoms with E-state index in [-0.39, 0.29) is 5.97 Å². The van der Waals surface area contributed by atoms with Gasteiger partial charge in [0.05, 0.1) is 6.61 Å². The first kappa shape index (κ1) is 13.2. The number of hydrogen-bond donors (Lipinski definition) is 0. The molecule has 0 fully saturated rings. The van der Waals surface area contributed by atoms with E-state index >= 15 is 0 Å². The molecule has 0 spiro atoms. The van der Waals surface area contributed by atoms with E-state index in [4.69, 9.17) is 19.2 Å². The minimum absolute atomic E-state index is 0.211. The Hall–Kier alpha value is -0.420. The summed E-state index contributed by atoms with van der Waals surface area (Å²) >= 11 is 0. The van der Waals surface area contributed by atoms with Crippen molar-refractivity contribution in [1.82, 2.24) is 0 Å². The first-order valence-corrected chi connectivity index (χ1v) is 4.09. The second-order valence-corrected chi connectivity index (χ2v) is 2.27. The fourth-order valence-corrected chi connectivity index (χ4v) is 0.203. The maximum atomic E-state index is 9.82. The fourth-order valence-electron chi connectivity index (χ4n) is 0.203. The molecule has 7 heteroatoms. The van der Waals surface area contributed by atoms with Gasteiger partial charge < -0.3 is 24.0 Å². The molecule has 0 saturated carbocycles. The first-order chi connectivity index (χ1) is 4.77. The van der Waals surface area contributed by atoms with Gasteiger partial charge in [-0.05, 0) is 6.92 Å². The number of carbonyl (C=O) groups is 1. The summed E-state index contributed by atoms with van der Waals surface area (Å²) in [6, 6.07) is 0. The highest BCUT2D eigenvalue weighted by Crippen LogP contribution is 2.03. The van der Waals surface area contributed by atoms with Crippen molar-refractivity contribution in [1.29, 1.82) is 0 Å². The van der Waals surface area contributed by atoms with Crippen LogP contribution in [0, 0.1) is 0 Å². The molecule has 0 atom stereocenters. The van der Waals surface area contributed by atoms with Crippen LogP contribution < -0.4 is 14.7 Å². The summed E-state index contributed by atoms with van der Waals surface area (Å²) in [5.41, 5.74) is 0. The summed E-state index contributed by atoms with van der Waals surface area (Å²) in [4.78, 5) is 35.5. The molecule has 0 rings (SSSR count). The third kappa shape index (κ3) is 82.7. The van der Waals surface area contributed by atoms with Gasteiger partial charge in [0.25, 0.3) is 0 Å². The standard InChI is InChI=1S/C4H8O2.H3O4P/c1-3-6-4(2)5;1-5(2,3)4/h3H2,1-2H3;(H3,1,2,3,4)/p-3. The quantitative estimate of drug-likeness (QED) is 0.335. The Bertz CT molecular complexity index is 140. The summed E-state index contributed by atoms with van der Waals surface area (Å²) in [5.74, 6) is -0.211. The van der Waals surface area contributed by atoms with Gasteiger partial charge in [-0.1, -0.05) is 0 Å². The second kappa shape index (κ2) is 6.30. The summed E-state index contributed by atoms with van der Waals surface area (Å²) in [7, 11) is -5.39. The molecule has 0 radical (unpaired) electrons. The number of esters is 1. The van der Waals surface area contributed by atoms with Crippen molar-refractivity contribution in [2.75, 3.05) is 6.61 Å². The summed E-state index contributed by atoms with van der Waals surface area (Å²) < 4.78 is 13.0. The molecule has 0 heterocycles. The third-order valence-corrected chi connectivity index (χ3v) is 0.348. The van der Waals surface area contributed by atoms with Gasteiger partial charge in [0.1, 0.15) is 0 Å². The molecule has 6 nitrogen and oxygen atoms in total. The molecule has 0 aliphatic rings. The van der Waals surface area contributed by atoms with E-state index in [1.54, 1.807) is 6.92 Å². The van der Waals surface area contributed by atoms with Crippen LogP contribution in [0.4, 0.5) is 0 Å². The largest absolute Gasteiger partial charge is 0.822 e. The Morgan fingerprint density at radius 1 is 1.45 bits per heavy atom. The number of hydrogen-bond acceptors (Lipinski definition) is 6. The zero-order valence-electron chi connectivity index (χ0n) is 6.10. The van der Waals surface area contributed by atoms with Gasteiger partial charge in [-0.15, -0.1) is 0 Å². The second-order valence-electron chi connectivity index (χ2n) is 1.37. The maximum absolute atomic E-state index is 9.82. The van der Waals surface area contributed by atoms with Crippen LogP contribution in [0.2, 0.25) is 0 Å². The molecule has 0 saturated heterocycles. The maximum Gasteiger partial charge on any atom is 0.302 e. The van der Waals surface area contributed by atoms with Crippen LogP contribution in [0.25, 0.3) is 0 Å². The minimum atomic E-state index is -5.39.